The molecule has 1 aliphatic carbocycles. The van der Waals surface area contributed by atoms with Gasteiger partial charge in [-0.05, 0) is 31.1 Å². The average Bonchev–Trinajstić information content (AvgIpc) is 2.91. The van der Waals surface area contributed by atoms with Crippen LogP contribution in [-0.4, -0.2) is 22.4 Å². The summed E-state index contributed by atoms with van der Waals surface area (Å²) in [5.74, 6) is 2.44. The molecule has 1 aromatic heterocycles. The van der Waals surface area contributed by atoms with Gasteiger partial charge in [-0.2, -0.15) is 5.10 Å². The molecule has 3 rings (SSSR count). The molecule has 2 unspecified atom stereocenters. The van der Waals surface area contributed by atoms with E-state index < -0.39 is 0 Å². The van der Waals surface area contributed by atoms with Crippen molar-refractivity contribution in [1.29, 1.82) is 0 Å². The number of nitrogens with two attached hydrogens (primary N) is 1. The molecule has 0 amide bonds. The van der Waals surface area contributed by atoms with Crippen molar-refractivity contribution in [2.75, 3.05) is 17.2 Å². The fourth-order valence-electron chi connectivity index (χ4n) is 3.99. The lowest BCUT2D eigenvalue weighted by molar-refractivity contribution is 0.340. The van der Waals surface area contributed by atoms with Crippen molar-refractivity contribution >= 4 is 11.5 Å². The summed E-state index contributed by atoms with van der Waals surface area (Å²) in [6, 6.07) is 0.700. The monoisotopic (exact) mass is 262 g/mol. The van der Waals surface area contributed by atoms with Crippen molar-refractivity contribution in [3.8, 4) is 0 Å². The number of nitrogen functional groups attached to an aromatic ring is 1. The Labute approximate surface area is 116 Å². The van der Waals surface area contributed by atoms with Gasteiger partial charge in [-0.3, -0.25) is 4.68 Å². The Kier molecular flexibility index (Phi) is 3.19. The predicted octanol–water partition coefficient (Wildman–Crippen LogP) is 2.89. The molecular formula is C15H26N4. The lowest BCUT2D eigenvalue weighted by Crippen LogP contribution is -2.36. The Morgan fingerprint density at radius 2 is 1.95 bits per heavy atom. The molecule has 4 nitrogen and oxygen atoms in total. The van der Waals surface area contributed by atoms with Gasteiger partial charge in [0.25, 0.3) is 0 Å². The number of hydrogen-bond donors (Lipinski definition) is 1. The van der Waals surface area contributed by atoms with Gasteiger partial charge >= 0.3 is 0 Å². The van der Waals surface area contributed by atoms with Gasteiger partial charge in [-0.25, -0.2) is 0 Å². The van der Waals surface area contributed by atoms with E-state index in [1.54, 1.807) is 0 Å². The van der Waals surface area contributed by atoms with Crippen LogP contribution in [0.2, 0.25) is 0 Å². The van der Waals surface area contributed by atoms with Crippen LogP contribution >= 0.6 is 0 Å². The molecule has 2 atom stereocenters. The van der Waals surface area contributed by atoms with E-state index >= 15 is 0 Å². The van der Waals surface area contributed by atoms with E-state index in [4.69, 9.17) is 5.73 Å². The third-order valence-electron chi connectivity index (χ3n) is 4.91. The molecule has 0 aromatic carbocycles. The van der Waals surface area contributed by atoms with Crippen LogP contribution in [0.1, 0.15) is 57.6 Å². The highest BCUT2D eigenvalue weighted by molar-refractivity contribution is 5.68. The standard InChI is InChI=1S/C15H26N4/c1-10(2)14-13(16)15(18(3)17-14)19-9-8-11-6-4-5-7-12(11)19/h10-12H,4-9,16H2,1-3H3. The zero-order valence-corrected chi connectivity index (χ0v) is 12.4. The molecule has 2 heterocycles. The first-order valence-electron chi connectivity index (χ1n) is 7.68. The predicted molar refractivity (Wildman–Crippen MR) is 79.4 cm³/mol. The molecule has 0 bridgehead atoms. The summed E-state index contributed by atoms with van der Waals surface area (Å²) in [5.41, 5.74) is 8.34. The highest BCUT2D eigenvalue weighted by Crippen LogP contribution is 2.41. The molecule has 1 saturated heterocycles. The Bertz CT molecular complexity index is 463. The van der Waals surface area contributed by atoms with Crippen LogP contribution in [-0.2, 0) is 7.05 Å². The summed E-state index contributed by atoms with van der Waals surface area (Å²) >= 11 is 0. The second-order valence-electron chi connectivity index (χ2n) is 6.49. The van der Waals surface area contributed by atoms with Crippen LogP contribution in [0.3, 0.4) is 0 Å². The minimum Gasteiger partial charge on any atom is -0.394 e. The van der Waals surface area contributed by atoms with Crippen LogP contribution in [0, 0.1) is 5.92 Å². The third kappa shape index (κ3) is 2.01. The van der Waals surface area contributed by atoms with Gasteiger partial charge in [0.15, 0.2) is 5.82 Å². The topological polar surface area (TPSA) is 47.1 Å². The molecule has 19 heavy (non-hydrogen) atoms. The van der Waals surface area contributed by atoms with Gasteiger partial charge in [-0.15, -0.1) is 0 Å². The molecule has 2 N–H and O–H groups in total. The van der Waals surface area contributed by atoms with Gasteiger partial charge in [0.2, 0.25) is 0 Å². The summed E-state index contributed by atoms with van der Waals surface area (Å²) in [6.07, 6.45) is 6.83. The van der Waals surface area contributed by atoms with Crippen molar-refractivity contribution in [3.05, 3.63) is 5.69 Å². The zero-order chi connectivity index (χ0) is 13.6. The van der Waals surface area contributed by atoms with Crippen LogP contribution < -0.4 is 10.6 Å². The first-order chi connectivity index (χ1) is 9.09. The fourth-order valence-corrected chi connectivity index (χ4v) is 3.99. The van der Waals surface area contributed by atoms with Crippen molar-refractivity contribution in [1.82, 2.24) is 9.78 Å². The van der Waals surface area contributed by atoms with E-state index in [1.807, 2.05) is 11.7 Å². The molecule has 1 saturated carbocycles. The number of aromatic nitrogens is 2. The Hall–Kier alpha value is -1.19. The maximum atomic E-state index is 6.38. The number of hydrogen-bond acceptors (Lipinski definition) is 3. The molecule has 4 heteroatoms. The Morgan fingerprint density at radius 1 is 1.21 bits per heavy atom. The van der Waals surface area contributed by atoms with E-state index in [0.717, 1.165) is 29.7 Å². The van der Waals surface area contributed by atoms with Crippen molar-refractivity contribution < 1.29 is 0 Å². The summed E-state index contributed by atoms with van der Waals surface area (Å²) in [7, 11) is 2.04. The number of rotatable bonds is 2. The van der Waals surface area contributed by atoms with Gasteiger partial charge in [0.05, 0.1) is 11.4 Å². The molecular weight excluding hydrogens is 236 g/mol. The quantitative estimate of drug-likeness (QED) is 0.891. The number of fused-ring (bicyclic) bond motifs is 1. The van der Waals surface area contributed by atoms with Crippen LogP contribution in [0.4, 0.5) is 11.5 Å². The van der Waals surface area contributed by atoms with Crippen molar-refractivity contribution in [2.45, 2.75) is 57.9 Å². The van der Waals surface area contributed by atoms with Crippen molar-refractivity contribution in [2.24, 2.45) is 13.0 Å². The highest BCUT2D eigenvalue weighted by atomic mass is 15.4. The minimum absolute atomic E-state index is 0.393. The first kappa shape index (κ1) is 12.8. The number of aryl methyl sites for hydroxylation is 1. The summed E-state index contributed by atoms with van der Waals surface area (Å²) < 4.78 is 2.00. The van der Waals surface area contributed by atoms with Gasteiger partial charge in [-0.1, -0.05) is 26.7 Å². The van der Waals surface area contributed by atoms with Crippen LogP contribution in [0.15, 0.2) is 0 Å². The fraction of sp³-hybridized carbons (Fsp3) is 0.800. The smallest absolute Gasteiger partial charge is 0.150 e. The van der Waals surface area contributed by atoms with Gasteiger partial charge in [0, 0.05) is 19.6 Å². The minimum atomic E-state index is 0.393. The third-order valence-corrected chi connectivity index (χ3v) is 4.91. The maximum absolute atomic E-state index is 6.38. The first-order valence-corrected chi connectivity index (χ1v) is 7.68. The normalized spacial score (nSPS) is 27.1. The van der Waals surface area contributed by atoms with E-state index in [2.05, 4.69) is 23.8 Å². The Morgan fingerprint density at radius 3 is 2.63 bits per heavy atom. The molecule has 1 aromatic rings. The SMILES string of the molecule is CC(C)c1nn(C)c(N2CCC3CCCCC32)c1N. The average molecular weight is 262 g/mol. The van der Waals surface area contributed by atoms with Crippen LogP contribution in [0.25, 0.3) is 0 Å². The van der Waals surface area contributed by atoms with E-state index in [9.17, 15) is 0 Å². The van der Waals surface area contributed by atoms with E-state index in [0.29, 0.717) is 12.0 Å². The molecule has 106 valence electrons. The zero-order valence-electron chi connectivity index (χ0n) is 12.4. The lowest BCUT2D eigenvalue weighted by Gasteiger charge is -2.33. The summed E-state index contributed by atoms with van der Waals surface area (Å²) in [6.45, 7) is 5.47. The highest BCUT2D eigenvalue weighted by Gasteiger charge is 2.38. The molecule has 0 radical (unpaired) electrons. The van der Waals surface area contributed by atoms with Crippen molar-refractivity contribution in [3.63, 3.8) is 0 Å². The summed E-state index contributed by atoms with van der Waals surface area (Å²) in [5, 5.41) is 4.64. The largest absolute Gasteiger partial charge is 0.394 e. The molecule has 1 aliphatic heterocycles. The second kappa shape index (κ2) is 4.73. The number of nitrogens with zero attached hydrogens (tertiary/aromatic N) is 3. The molecule has 2 fully saturated rings. The van der Waals surface area contributed by atoms with Crippen LogP contribution in [0.5, 0.6) is 0 Å². The van der Waals surface area contributed by atoms with Gasteiger partial charge < -0.3 is 10.6 Å². The Balaban J connectivity index is 1.94. The number of anilines is 2. The lowest BCUT2D eigenvalue weighted by atomic mass is 9.85. The van der Waals surface area contributed by atoms with Gasteiger partial charge in [0.1, 0.15) is 0 Å². The molecule has 0 spiro atoms. The summed E-state index contributed by atoms with van der Waals surface area (Å²) in [4.78, 5) is 2.54. The molecule has 2 aliphatic rings. The van der Waals surface area contributed by atoms with E-state index in [-0.39, 0.29) is 0 Å². The maximum Gasteiger partial charge on any atom is 0.150 e. The second-order valence-corrected chi connectivity index (χ2v) is 6.49. The van der Waals surface area contributed by atoms with E-state index in [1.165, 1.54) is 32.1 Å².